The topological polar surface area (TPSA) is 69.6 Å². The van der Waals surface area contributed by atoms with Gasteiger partial charge in [-0.3, -0.25) is 4.79 Å². The first-order chi connectivity index (χ1) is 8.11. The maximum Gasteiger partial charge on any atom is 0.150 e. The molecule has 1 aromatic carbocycles. The molecule has 0 aliphatic carbocycles. The fourth-order valence-electron chi connectivity index (χ4n) is 1.61. The second-order valence-corrected chi connectivity index (χ2v) is 4.17. The molecule has 0 saturated carbocycles. The van der Waals surface area contributed by atoms with Gasteiger partial charge in [-0.05, 0) is 26.1 Å². The van der Waals surface area contributed by atoms with Gasteiger partial charge in [0.1, 0.15) is 12.4 Å². The summed E-state index contributed by atoms with van der Waals surface area (Å²) in [5.41, 5.74) is 0.585. The predicted octanol–water partition coefficient (Wildman–Crippen LogP) is 1.16. The first-order valence-corrected chi connectivity index (χ1v) is 5.74. The standard InChI is InChI=1S/C12H16ClNO3/c1-14-6-5-10(16)12(17)11-8(7-15)3-2-4-9(11)13/h2-4,7,10,12,14,16-17H,5-6H2,1H3. The smallest absolute Gasteiger partial charge is 0.150 e. The predicted molar refractivity (Wildman–Crippen MR) is 66.3 cm³/mol. The summed E-state index contributed by atoms with van der Waals surface area (Å²) in [4.78, 5) is 10.9. The average Bonchev–Trinajstić information content (AvgIpc) is 2.34. The molecule has 1 rings (SSSR count). The molecule has 2 atom stereocenters. The Morgan fingerprint density at radius 1 is 1.47 bits per heavy atom. The third-order valence-corrected chi connectivity index (χ3v) is 2.89. The van der Waals surface area contributed by atoms with Crippen LogP contribution in [0.3, 0.4) is 0 Å². The molecule has 94 valence electrons. The largest absolute Gasteiger partial charge is 0.390 e. The van der Waals surface area contributed by atoms with Crippen LogP contribution in [0.1, 0.15) is 28.4 Å². The summed E-state index contributed by atoms with van der Waals surface area (Å²) in [5.74, 6) is 0. The van der Waals surface area contributed by atoms with Crippen LogP contribution in [0, 0.1) is 0 Å². The van der Waals surface area contributed by atoms with Crippen LogP contribution in [0.2, 0.25) is 5.02 Å². The molecule has 0 saturated heterocycles. The maximum atomic E-state index is 10.9. The molecule has 1 aromatic rings. The second kappa shape index (κ2) is 6.71. The number of carbonyl (C=O) groups excluding carboxylic acids is 1. The number of nitrogens with one attached hydrogen (secondary N) is 1. The van der Waals surface area contributed by atoms with Gasteiger partial charge in [0.05, 0.1) is 6.10 Å². The number of hydrogen-bond acceptors (Lipinski definition) is 4. The lowest BCUT2D eigenvalue weighted by Crippen LogP contribution is -2.24. The van der Waals surface area contributed by atoms with Crippen molar-refractivity contribution in [2.45, 2.75) is 18.6 Å². The number of aliphatic hydroxyl groups excluding tert-OH is 2. The summed E-state index contributed by atoms with van der Waals surface area (Å²) in [5, 5.41) is 22.9. The number of benzene rings is 1. The summed E-state index contributed by atoms with van der Waals surface area (Å²) in [7, 11) is 1.76. The Labute approximate surface area is 105 Å². The minimum Gasteiger partial charge on any atom is -0.390 e. The van der Waals surface area contributed by atoms with E-state index in [9.17, 15) is 15.0 Å². The van der Waals surface area contributed by atoms with Crippen LogP contribution in [-0.4, -0.2) is 36.2 Å². The van der Waals surface area contributed by atoms with Gasteiger partial charge >= 0.3 is 0 Å². The van der Waals surface area contributed by atoms with Crippen molar-refractivity contribution in [3.05, 3.63) is 34.3 Å². The van der Waals surface area contributed by atoms with Crippen LogP contribution in [-0.2, 0) is 0 Å². The molecule has 0 spiro atoms. The van der Waals surface area contributed by atoms with Gasteiger partial charge in [0.25, 0.3) is 0 Å². The Morgan fingerprint density at radius 2 is 2.18 bits per heavy atom. The highest BCUT2D eigenvalue weighted by atomic mass is 35.5. The fraction of sp³-hybridized carbons (Fsp3) is 0.417. The minimum atomic E-state index is -1.16. The van der Waals surface area contributed by atoms with Crippen LogP contribution in [0.4, 0.5) is 0 Å². The third kappa shape index (κ3) is 3.51. The zero-order valence-corrected chi connectivity index (χ0v) is 10.3. The maximum absolute atomic E-state index is 10.9. The van der Waals surface area contributed by atoms with Crippen LogP contribution < -0.4 is 5.32 Å². The molecule has 4 nitrogen and oxygen atoms in total. The van der Waals surface area contributed by atoms with E-state index in [1.807, 2.05) is 0 Å². The van der Waals surface area contributed by atoms with Crippen LogP contribution >= 0.6 is 11.6 Å². The molecule has 17 heavy (non-hydrogen) atoms. The summed E-state index contributed by atoms with van der Waals surface area (Å²) >= 11 is 5.94. The molecule has 0 radical (unpaired) electrons. The van der Waals surface area contributed by atoms with Crippen LogP contribution in [0.25, 0.3) is 0 Å². The number of halogens is 1. The molecule has 0 bridgehead atoms. The summed E-state index contributed by atoms with van der Waals surface area (Å²) in [6.45, 7) is 0.569. The van der Waals surface area contributed by atoms with Crippen LogP contribution in [0.15, 0.2) is 18.2 Å². The van der Waals surface area contributed by atoms with Gasteiger partial charge in [0, 0.05) is 16.1 Å². The molecular weight excluding hydrogens is 242 g/mol. The van der Waals surface area contributed by atoms with Crippen molar-refractivity contribution in [3.8, 4) is 0 Å². The molecule has 0 aromatic heterocycles. The third-order valence-electron chi connectivity index (χ3n) is 2.56. The summed E-state index contributed by atoms with van der Waals surface area (Å²) < 4.78 is 0. The fourth-order valence-corrected chi connectivity index (χ4v) is 1.90. The number of rotatable bonds is 6. The second-order valence-electron chi connectivity index (χ2n) is 3.77. The van der Waals surface area contributed by atoms with E-state index in [2.05, 4.69) is 5.32 Å². The molecule has 0 amide bonds. The summed E-state index contributed by atoms with van der Waals surface area (Å²) in [6.07, 6.45) is -1.12. The lowest BCUT2D eigenvalue weighted by Gasteiger charge is -2.20. The molecule has 2 unspecified atom stereocenters. The zero-order valence-electron chi connectivity index (χ0n) is 9.56. The van der Waals surface area contributed by atoms with E-state index >= 15 is 0 Å². The van der Waals surface area contributed by atoms with Gasteiger partial charge in [-0.15, -0.1) is 0 Å². The first-order valence-electron chi connectivity index (χ1n) is 5.36. The Bertz CT molecular complexity index is 384. The van der Waals surface area contributed by atoms with Gasteiger partial charge in [0.15, 0.2) is 0 Å². The number of aliphatic hydroxyl groups is 2. The van der Waals surface area contributed by atoms with E-state index in [0.29, 0.717) is 24.8 Å². The minimum absolute atomic E-state index is 0.283. The van der Waals surface area contributed by atoms with Gasteiger partial charge in [0.2, 0.25) is 0 Å². The number of aldehydes is 1. The zero-order chi connectivity index (χ0) is 12.8. The highest BCUT2D eigenvalue weighted by Gasteiger charge is 2.22. The van der Waals surface area contributed by atoms with Crippen molar-refractivity contribution < 1.29 is 15.0 Å². The van der Waals surface area contributed by atoms with E-state index in [1.165, 1.54) is 0 Å². The van der Waals surface area contributed by atoms with Crippen molar-refractivity contribution in [2.75, 3.05) is 13.6 Å². The van der Waals surface area contributed by atoms with Gasteiger partial charge in [-0.2, -0.15) is 0 Å². The molecule has 0 heterocycles. The normalized spacial score (nSPS) is 14.4. The Kier molecular flexibility index (Phi) is 5.58. The SMILES string of the molecule is CNCCC(O)C(O)c1c(Cl)cccc1C=O. The van der Waals surface area contributed by atoms with Crippen molar-refractivity contribution >= 4 is 17.9 Å². The van der Waals surface area contributed by atoms with Gasteiger partial charge in [-0.25, -0.2) is 0 Å². The van der Waals surface area contributed by atoms with Crippen molar-refractivity contribution in [2.24, 2.45) is 0 Å². The Morgan fingerprint density at radius 3 is 2.76 bits per heavy atom. The van der Waals surface area contributed by atoms with E-state index in [1.54, 1.807) is 25.2 Å². The van der Waals surface area contributed by atoms with Gasteiger partial charge < -0.3 is 15.5 Å². The molecule has 0 fully saturated rings. The monoisotopic (exact) mass is 257 g/mol. The molecular formula is C12H16ClNO3. The number of carbonyl (C=O) groups is 1. The molecule has 0 aliphatic rings. The van der Waals surface area contributed by atoms with Gasteiger partial charge in [-0.1, -0.05) is 23.7 Å². The highest BCUT2D eigenvalue weighted by Crippen LogP contribution is 2.28. The van der Waals surface area contributed by atoms with E-state index in [0.717, 1.165) is 0 Å². The molecule has 3 N–H and O–H groups in total. The van der Waals surface area contributed by atoms with E-state index in [-0.39, 0.29) is 10.6 Å². The quantitative estimate of drug-likeness (QED) is 0.669. The average molecular weight is 258 g/mol. The van der Waals surface area contributed by atoms with E-state index in [4.69, 9.17) is 11.6 Å². The molecule has 5 heteroatoms. The lowest BCUT2D eigenvalue weighted by molar-refractivity contribution is 0.0138. The van der Waals surface area contributed by atoms with Crippen molar-refractivity contribution in [1.82, 2.24) is 5.32 Å². The van der Waals surface area contributed by atoms with E-state index < -0.39 is 12.2 Å². The number of hydrogen-bond donors (Lipinski definition) is 3. The first kappa shape index (κ1) is 14.1. The van der Waals surface area contributed by atoms with Crippen molar-refractivity contribution in [3.63, 3.8) is 0 Å². The lowest BCUT2D eigenvalue weighted by atomic mass is 9.97. The Balaban J connectivity index is 2.94. The molecule has 0 aliphatic heterocycles. The highest BCUT2D eigenvalue weighted by molar-refractivity contribution is 6.31. The van der Waals surface area contributed by atoms with Crippen molar-refractivity contribution in [1.29, 1.82) is 0 Å². The Hall–Kier alpha value is -0.940. The van der Waals surface area contributed by atoms with Crippen LogP contribution in [0.5, 0.6) is 0 Å². The summed E-state index contributed by atoms with van der Waals surface area (Å²) in [6, 6.07) is 4.77.